The van der Waals surface area contributed by atoms with E-state index >= 15 is 0 Å². The molecule has 0 unspecified atom stereocenters. The molecule has 2 aromatic rings. The lowest BCUT2D eigenvalue weighted by Gasteiger charge is -2.19. The van der Waals surface area contributed by atoms with E-state index in [2.05, 4.69) is 10.3 Å². The van der Waals surface area contributed by atoms with Gasteiger partial charge in [0.2, 0.25) is 0 Å². The van der Waals surface area contributed by atoms with Gasteiger partial charge < -0.3 is 10.2 Å². The molecule has 0 amide bonds. The van der Waals surface area contributed by atoms with Crippen molar-refractivity contribution in [3.05, 3.63) is 48.5 Å². The van der Waals surface area contributed by atoms with Crippen LogP contribution in [0.3, 0.4) is 0 Å². The first-order valence-corrected chi connectivity index (χ1v) is 5.89. The lowest BCUT2D eigenvalue weighted by molar-refractivity contribution is 0.628. The second-order valence-corrected chi connectivity index (χ2v) is 4.00. The Balaban J connectivity index is 2.24. The van der Waals surface area contributed by atoms with Crippen molar-refractivity contribution in [1.82, 2.24) is 4.98 Å². The second-order valence-electron chi connectivity index (χ2n) is 4.00. The van der Waals surface area contributed by atoms with Crippen LogP contribution < -0.4 is 10.2 Å². The third-order valence-electron chi connectivity index (χ3n) is 2.71. The van der Waals surface area contributed by atoms with E-state index in [9.17, 15) is 4.39 Å². The fraction of sp³-hybridized carbons (Fsp3) is 0.214. The first-order chi connectivity index (χ1) is 8.70. The number of hydrogen-bond acceptors (Lipinski definition) is 3. The summed E-state index contributed by atoms with van der Waals surface area (Å²) in [6.07, 6.45) is 3.57. The van der Waals surface area contributed by atoms with E-state index in [1.165, 1.54) is 12.1 Å². The van der Waals surface area contributed by atoms with Crippen LogP contribution in [0.25, 0.3) is 0 Å². The maximum absolute atomic E-state index is 12.9. The molecule has 0 saturated heterocycles. The number of benzene rings is 1. The number of aromatic nitrogens is 1. The van der Waals surface area contributed by atoms with Crippen molar-refractivity contribution in [2.75, 3.05) is 23.8 Å². The molecule has 2 rings (SSSR count). The Bertz CT molecular complexity index is 511. The number of nitrogens with zero attached hydrogens (tertiary/aromatic N) is 2. The summed E-state index contributed by atoms with van der Waals surface area (Å²) in [5.41, 5.74) is 2.86. The van der Waals surface area contributed by atoms with Gasteiger partial charge >= 0.3 is 0 Å². The fourth-order valence-corrected chi connectivity index (χ4v) is 1.73. The van der Waals surface area contributed by atoms with E-state index in [4.69, 9.17) is 0 Å². The first-order valence-electron chi connectivity index (χ1n) is 5.89. The van der Waals surface area contributed by atoms with E-state index in [0.29, 0.717) is 0 Å². The molecule has 0 saturated carbocycles. The van der Waals surface area contributed by atoms with E-state index < -0.39 is 0 Å². The molecule has 4 heteroatoms. The third-order valence-corrected chi connectivity index (χ3v) is 2.71. The molecule has 1 aromatic heterocycles. The largest absolute Gasteiger partial charge is 0.384 e. The van der Waals surface area contributed by atoms with Gasteiger partial charge in [-0.15, -0.1) is 0 Å². The average Bonchev–Trinajstić information content (AvgIpc) is 2.39. The number of pyridine rings is 1. The van der Waals surface area contributed by atoms with Crippen LogP contribution >= 0.6 is 0 Å². The third kappa shape index (κ3) is 2.77. The van der Waals surface area contributed by atoms with Gasteiger partial charge in [-0.25, -0.2) is 4.39 Å². The summed E-state index contributed by atoms with van der Waals surface area (Å²) in [4.78, 5) is 6.15. The minimum atomic E-state index is -0.230. The smallest absolute Gasteiger partial charge is 0.123 e. The highest BCUT2D eigenvalue weighted by molar-refractivity contribution is 5.65. The molecule has 0 atom stereocenters. The predicted octanol–water partition coefficient (Wildman–Crippen LogP) is 3.42. The number of rotatable bonds is 4. The molecule has 1 aromatic carbocycles. The first kappa shape index (κ1) is 12.4. The maximum Gasteiger partial charge on any atom is 0.123 e. The summed E-state index contributed by atoms with van der Waals surface area (Å²) in [5, 5.41) is 3.21. The number of halogens is 1. The van der Waals surface area contributed by atoms with Gasteiger partial charge in [0.25, 0.3) is 0 Å². The van der Waals surface area contributed by atoms with Crippen LogP contribution in [-0.4, -0.2) is 18.6 Å². The van der Waals surface area contributed by atoms with Crippen molar-refractivity contribution in [2.45, 2.75) is 6.92 Å². The molecule has 0 bridgehead atoms. The van der Waals surface area contributed by atoms with E-state index in [1.807, 2.05) is 24.9 Å². The Hall–Kier alpha value is -2.10. The topological polar surface area (TPSA) is 28.2 Å². The van der Waals surface area contributed by atoms with Crippen molar-refractivity contribution in [3.8, 4) is 0 Å². The zero-order valence-corrected chi connectivity index (χ0v) is 10.5. The highest BCUT2D eigenvalue weighted by Crippen LogP contribution is 2.24. The Morgan fingerprint density at radius 2 is 1.89 bits per heavy atom. The van der Waals surface area contributed by atoms with Gasteiger partial charge in [-0.1, -0.05) is 0 Å². The van der Waals surface area contributed by atoms with Crippen LogP contribution in [0.15, 0.2) is 42.7 Å². The van der Waals surface area contributed by atoms with E-state index in [-0.39, 0.29) is 5.82 Å². The molecule has 0 radical (unpaired) electrons. The molecule has 1 heterocycles. The van der Waals surface area contributed by atoms with Crippen LogP contribution in [0.2, 0.25) is 0 Å². The molecule has 1 N–H and O–H groups in total. The van der Waals surface area contributed by atoms with Crippen molar-refractivity contribution in [3.63, 3.8) is 0 Å². The van der Waals surface area contributed by atoms with E-state index in [0.717, 1.165) is 23.6 Å². The van der Waals surface area contributed by atoms with Crippen LogP contribution in [0.4, 0.5) is 21.5 Å². The van der Waals surface area contributed by atoms with Gasteiger partial charge in [0.05, 0.1) is 23.8 Å². The highest BCUT2D eigenvalue weighted by Gasteiger charge is 2.05. The molecule has 0 aliphatic heterocycles. The molecule has 0 aliphatic rings. The number of nitrogens with one attached hydrogen (secondary N) is 1. The van der Waals surface area contributed by atoms with Crippen LogP contribution in [-0.2, 0) is 0 Å². The standard InChI is InChI=1S/C14H16FN3/c1-3-17-12-8-14(10-16-9-12)18(2)13-6-4-11(15)5-7-13/h4-10,17H,3H2,1-2H3. The lowest BCUT2D eigenvalue weighted by Crippen LogP contribution is -2.10. The monoisotopic (exact) mass is 245 g/mol. The Morgan fingerprint density at radius 1 is 1.17 bits per heavy atom. The van der Waals surface area contributed by atoms with E-state index in [1.54, 1.807) is 24.5 Å². The summed E-state index contributed by atoms with van der Waals surface area (Å²) >= 11 is 0. The fourth-order valence-electron chi connectivity index (χ4n) is 1.73. The van der Waals surface area contributed by atoms with Gasteiger partial charge in [0.15, 0.2) is 0 Å². The molecule has 18 heavy (non-hydrogen) atoms. The summed E-state index contributed by atoms with van der Waals surface area (Å²) in [6.45, 7) is 2.89. The molecule has 3 nitrogen and oxygen atoms in total. The van der Waals surface area contributed by atoms with Crippen LogP contribution in [0.1, 0.15) is 6.92 Å². The van der Waals surface area contributed by atoms with Crippen LogP contribution in [0, 0.1) is 5.82 Å². The Kier molecular flexibility index (Phi) is 3.77. The Labute approximate surface area is 106 Å². The van der Waals surface area contributed by atoms with Crippen molar-refractivity contribution < 1.29 is 4.39 Å². The van der Waals surface area contributed by atoms with Gasteiger partial charge in [-0.05, 0) is 37.3 Å². The zero-order chi connectivity index (χ0) is 13.0. The van der Waals surface area contributed by atoms with Gasteiger partial charge in [-0.3, -0.25) is 4.98 Å². The highest BCUT2D eigenvalue weighted by atomic mass is 19.1. The molecular formula is C14H16FN3. The number of hydrogen-bond donors (Lipinski definition) is 1. The average molecular weight is 245 g/mol. The summed E-state index contributed by atoms with van der Waals surface area (Å²) in [5.74, 6) is -0.230. The SMILES string of the molecule is CCNc1cncc(N(C)c2ccc(F)cc2)c1. The minimum Gasteiger partial charge on any atom is -0.384 e. The summed E-state index contributed by atoms with van der Waals surface area (Å²) in [6, 6.07) is 8.41. The van der Waals surface area contributed by atoms with Gasteiger partial charge in [-0.2, -0.15) is 0 Å². The zero-order valence-electron chi connectivity index (χ0n) is 10.5. The quantitative estimate of drug-likeness (QED) is 0.894. The molecule has 0 aliphatic carbocycles. The summed E-state index contributed by atoms with van der Waals surface area (Å²) in [7, 11) is 1.93. The normalized spacial score (nSPS) is 10.2. The van der Waals surface area contributed by atoms with Crippen LogP contribution in [0.5, 0.6) is 0 Å². The van der Waals surface area contributed by atoms with Gasteiger partial charge in [0, 0.05) is 19.3 Å². The molecule has 0 fully saturated rings. The maximum atomic E-state index is 12.9. The van der Waals surface area contributed by atoms with Crippen molar-refractivity contribution in [2.24, 2.45) is 0 Å². The Morgan fingerprint density at radius 3 is 2.56 bits per heavy atom. The van der Waals surface area contributed by atoms with Crippen molar-refractivity contribution >= 4 is 17.1 Å². The molecule has 94 valence electrons. The van der Waals surface area contributed by atoms with Crippen molar-refractivity contribution in [1.29, 1.82) is 0 Å². The predicted molar refractivity (Wildman–Crippen MR) is 72.9 cm³/mol. The second kappa shape index (κ2) is 5.49. The lowest BCUT2D eigenvalue weighted by atomic mass is 10.2. The van der Waals surface area contributed by atoms with Gasteiger partial charge in [0.1, 0.15) is 5.82 Å². The molecular weight excluding hydrogens is 229 g/mol. The summed E-state index contributed by atoms with van der Waals surface area (Å²) < 4.78 is 12.9. The molecule has 0 spiro atoms. The minimum absolute atomic E-state index is 0.230. The number of anilines is 3.